The summed E-state index contributed by atoms with van der Waals surface area (Å²) in [6, 6.07) is 4.75. The van der Waals surface area contributed by atoms with Crippen LogP contribution in [0, 0.1) is 5.92 Å². The van der Waals surface area contributed by atoms with E-state index in [1.807, 2.05) is 0 Å². The van der Waals surface area contributed by atoms with Crippen LogP contribution >= 0.6 is 0 Å². The molecule has 1 saturated carbocycles. The molecule has 1 aliphatic carbocycles. The van der Waals surface area contributed by atoms with Gasteiger partial charge in [0.1, 0.15) is 6.04 Å². The van der Waals surface area contributed by atoms with Crippen molar-refractivity contribution in [1.82, 2.24) is 0 Å². The molecular formula is C12H14N2O3S. The molecule has 18 heavy (non-hydrogen) atoms. The van der Waals surface area contributed by atoms with Crippen LogP contribution in [0.15, 0.2) is 23.1 Å². The Hall–Kier alpha value is -1.56. The number of rotatable bonds is 2. The van der Waals surface area contributed by atoms with Crippen molar-refractivity contribution in [3.63, 3.8) is 0 Å². The molecule has 6 heteroatoms. The molecule has 1 aromatic rings. The predicted octanol–water partition coefficient (Wildman–Crippen LogP) is 1.23. The third-order valence-corrected chi connectivity index (χ3v) is 4.50. The molecule has 2 N–H and O–H groups in total. The predicted molar refractivity (Wildman–Crippen MR) is 68.3 cm³/mol. The molecule has 0 aromatic heterocycles. The van der Waals surface area contributed by atoms with E-state index in [9.17, 15) is 13.2 Å². The summed E-state index contributed by atoms with van der Waals surface area (Å²) in [7, 11) is -3.34. The van der Waals surface area contributed by atoms with Crippen LogP contribution in [0.1, 0.15) is 12.8 Å². The zero-order valence-corrected chi connectivity index (χ0v) is 10.8. The number of nitrogens with one attached hydrogen (secondary N) is 2. The van der Waals surface area contributed by atoms with Crippen molar-refractivity contribution >= 4 is 27.1 Å². The lowest BCUT2D eigenvalue weighted by molar-refractivity contribution is -0.117. The Bertz CT molecular complexity index is 620. The number of hydrogen-bond acceptors (Lipinski definition) is 4. The minimum absolute atomic E-state index is 0.138. The van der Waals surface area contributed by atoms with Crippen LogP contribution in [-0.4, -0.2) is 26.6 Å². The molecular weight excluding hydrogens is 252 g/mol. The number of anilines is 2. The molecule has 1 amide bonds. The summed E-state index contributed by atoms with van der Waals surface area (Å²) in [5.41, 5.74) is 1.07. The quantitative estimate of drug-likeness (QED) is 0.844. The van der Waals surface area contributed by atoms with E-state index in [1.165, 1.54) is 6.07 Å². The van der Waals surface area contributed by atoms with Gasteiger partial charge in [0, 0.05) is 6.26 Å². The van der Waals surface area contributed by atoms with Crippen molar-refractivity contribution < 1.29 is 13.2 Å². The van der Waals surface area contributed by atoms with E-state index in [0.717, 1.165) is 19.1 Å². The molecule has 1 aliphatic heterocycles. The van der Waals surface area contributed by atoms with E-state index in [2.05, 4.69) is 10.6 Å². The minimum atomic E-state index is -3.34. The summed E-state index contributed by atoms with van der Waals surface area (Å²) in [4.78, 5) is 12.1. The molecule has 3 rings (SSSR count). The minimum Gasteiger partial charge on any atom is -0.372 e. The summed E-state index contributed by atoms with van der Waals surface area (Å²) in [6.45, 7) is 0. The Morgan fingerprint density at radius 3 is 2.61 bits per heavy atom. The van der Waals surface area contributed by atoms with E-state index in [4.69, 9.17) is 0 Å². The highest BCUT2D eigenvalue weighted by atomic mass is 32.2. The fourth-order valence-electron chi connectivity index (χ4n) is 2.28. The van der Waals surface area contributed by atoms with Gasteiger partial charge in [-0.1, -0.05) is 6.07 Å². The van der Waals surface area contributed by atoms with Crippen molar-refractivity contribution in [1.29, 1.82) is 0 Å². The summed E-state index contributed by atoms with van der Waals surface area (Å²) < 4.78 is 23.3. The second kappa shape index (κ2) is 3.71. The Morgan fingerprint density at radius 1 is 1.28 bits per heavy atom. The fraction of sp³-hybridized carbons (Fsp3) is 0.417. The number of hydrogen-bond donors (Lipinski definition) is 2. The van der Waals surface area contributed by atoms with Crippen molar-refractivity contribution in [2.45, 2.75) is 23.8 Å². The SMILES string of the molecule is CS(=O)(=O)c1cccc2c1NC(=O)C(C1CC1)N2. The molecule has 1 atom stereocenters. The highest BCUT2D eigenvalue weighted by molar-refractivity contribution is 7.90. The van der Waals surface area contributed by atoms with E-state index in [-0.39, 0.29) is 16.8 Å². The Labute approximate surface area is 105 Å². The number of benzene rings is 1. The normalized spacial score (nSPS) is 22.9. The zero-order chi connectivity index (χ0) is 12.9. The summed E-state index contributed by atoms with van der Waals surface area (Å²) >= 11 is 0. The molecule has 2 aliphatic rings. The Morgan fingerprint density at radius 2 is 2.00 bits per heavy atom. The van der Waals surface area contributed by atoms with Gasteiger partial charge in [-0.2, -0.15) is 0 Å². The van der Waals surface area contributed by atoms with Crippen molar-refractivity contribution in [2.75, 3.05) is 16.9 Å². The molecule has 0 saturated heterocycles. The molecule has 96 valence electrons. The molecule has 5 nitrogen and oxygen atoms in total. The molecule has 0 bridgehead atoms. The highest BCUT2D eigenvalue weighted by Gasteiger charge is 2.39. The largest absolute Gasteiger partial charge is 0.372 e. The maximum absolute atomic E-state index is 11.9. The Kier molecular flexibility index (Phi) is 2.38. The molecule has 1 aromatic carbocycles. The average molecular weight is 266 g/mol. The maximum atomic E-state index is 11.9. The topological polar surface area (TPSA) is 75.3 Å². The van der Waals surface area contributed by atoms with Gasteiger partial charge >= 0.3 is 0 Å². The molecule has 1 unspecified atom stereocenters. The first-order valence-corrected chi connectivity index (χ1v) is 7.76. The van der Waals surface area contributed by atoms with Crippen molar-refractivity contribution in [2.24, 2.45) is 5.92 Å². The number of carbonyl (C=O) groups excluding carboxylic acids is 1. The third-order valence-electron chi connectivity index (χ3n) is 3.36. The van der Waals surface area contributed by atoms with E-state index in [0.29, 0.717) is 17.3 Å². The van der Waals surface area contributed by atoms with E-state index in [1.54, 1.807) is 12.1 Å². The second-order valence-corrected chi connectivity index (χ2v) is 6.88. The van der Waals surface area contributed by atoms with Crippen LogP contribution in [0.5, 0.6) is 0 Å². The first-order chi connectivity index (χ1) is 8.47. The van der Waals surface area contributed by atoms with Gasteiger partial charge in [-0.05, 0) is 30.9 Å². The van der Waals surface area contributed by atoms with Gasteiger partial charge in [0.05, 0.1) is 16.3 Å². The summed E-state index contributed by atoms with van der Waals surface area (Å²) in [6.07, 6.45) is 3.24. The zero-order valence-electron chi connectivity index (χ0n) is 9.93. The van der Waals surface area contributed by atoms with E-state index < -0.39 is 9.84 Å². The number of para-hydroxylation sites is 1. The van der Waals surface area contributed by atoms with Gasteiger partial charge in [-0.15, -0.1) is 0 Å². The first kappa shape index (κ1) is 11.5. The first-order valence-electron chi connectivity index (χ1n) is 5.87. The number of sulfone groups is 1. The maximum Gasteiger partial charge on any atom is 0.247 e. The third kappa shape index (κ3) is 1.86. The lowest BCUT2D eigenvalue weighted by atomic mass is 10.1. The Balaban J connectivity index is 2.06. The van der Waals surface area contributed by atoms with Gasteiger partial charge in [0.2, 0.25) is 5.91 Å². The average Bonchev–Trinajstić information content (AvgIpc) is 3.10. The smallest absolute Gasteiger partial charge is 0.247 e. The molecule has 1 fully saturated rings. The van der Waals surface area contributed by atoms with Crippen LogP contribution in [0.3, 0.4) is 0 Å². The van der Waals surface area contributed by atoms with Gasteiger partial charge in [-0.25, -0.2) is 8.42 Å². The van der Waals surface area contributed by atoms with Gasteiger partial charge in [-0.3, -0.25) is 4.79 Å². The van der Waals surface area contributed by atoms with Gasteiger partial charge in [0.25, 0.3) is 0 Å². The molecule has 1 heterocycles. The monoisotopic (exact) mass is 266 g/mol. The summed E-state index contributed by atoms with van der Waals surface area (Å²) in [5, 5.41) is 5.87. The highest BCUT2D eigenvalue weighted by Crippen LogP contribution is 2.40. The number of fused-ring (bicyclic) bond motifs is 1. The number of amides is 1. The van der Waals surface area contributed by atoms with Gasteiger partial charge < -0.3 is 10.6 Å². The lowest BCUT2D eigenvalue weighted by Gasteiger charge is -2.28. The van der Waals surface area contributed by atoms with Gasteiger partial charge in [0.15, 0.2) is 9.84 Å². The molecule has 0 spiro atoms. The van der Waals surface area contributed by atoms with Crippen LogP contribution in [0.25, 0.3) is 0 Å². The number of carbonyl (C=O) groups is 1. The lowest BCUT2D eigenvalue weighted by Crippen LogP contribution is -2.40. The van der Waals surface area contributed by atoms with Crippen molar-refractivity contribution in [3.8, 4) is 0 Å². The van der Waals surface area contributed by atoms with Crippen LogP contribution in [0.2, 0.25) is 0 Å². The van der Waals surface area contributed by atoms with Crippen LogP contribution < -0.4 is 10.6 Å². The second-order valence-electron chi connectivity index (χ2n) is 4.90. The fourth-order valence-corrected chi connectivity index (χ4v) is 3.14. The summed E-state index contributed by atoms with van der Waals surface area (Å²) in [5.74, 6) is 0.237. The van der Waals surface area contributed by atoms with Crippen LogP contribution in [0.4, 0.5) is 11.4 Å². The van der Waals surface area contributed by atoms with Crippen LogP contribution in [-0.2, 0) is 14.6 Å². The molecule has 0 radical (unpaired) electrons. The standard InChI is InChI=1S/C12H14N2O3S/c1-18(16,17)9-4-2-3-8-11(9)14-12(15)10(13-8)7-5-6-7/h2-4,7,10,13H,5-6H2,1H3,(H,14,15). The van der Waals surface area contributed by atoms with Crippen molar-refractivity contribution in [3.05, 3.63) is 18.2 Å². The van der Waals surface area contributed by atoms with E-state index >= 15 is 0 Å².